The van der Waals surface area contributed by atoms with Gasteiger partial charge in [-0.1, -0.05) is 18.2 Å². The molecule has 5 heteroatoms. The van der Waals surface area contributed by atoms with E-state index in [1.54, 1.807) is 12.1 Å². The molecule has 5 nitrogen and oxygen atoms in total. The van der Waals surface area contributed by atoms with Crippen LogP contribution in [0.15, 0.2) is 30.3 Å². The van der Waals surface area contributed by atoms with E-state index in [1.165, 1.54) is 0 Å². The molecule has 0 fully saturated rings. The highest BCUT2D eigenvalue weighted by Crippen LogP contribution is 2.09. The maximum Gasteiger partial charge on any atom is 0.211 e. The molecule has 1 aromatic rings. The summed E-state index contributed by atoms with van der Waals surface area (Å²) in [4.78, 5) is 0. The zero-order chi connectivity index (χ0) is 10.9. The van der Waals surface area contributed by atoms with Crippen molar-refractivity contribution in [1.29, 1.82) is 0 Å². The molecule has 1 aromatic carbocycles. The lowest BCUT2D eigenvalue weighted by atomic mass is 10.3. The summed E-state index contributed by atoms with van der Waals surface area (Å²) < 4.78 is 5.19. The Kier molecular flexibility index (Phi) is 5.72. The fraction of sp³-hybridized carbons (Fsp3) is 0.400. The number of rotatable bonds is 7. The highest BCUT2D eigenvalue weighted by atomic mass is 16.6. The van der Waals surface area contributed by atoms with Crippen LogP contribution in [0, 0.1) is 0 Å². The van der Waals surface area contributed by atoms with E-state index in [2.05, 4.69) is 10.9 Å². The van der Waals surface area contributed by atoms with Crippen molar-refractivity contribution in [2.75, 3.05) is 19.7 Å². The molecule has 0 heterocycles. The SMILES string of the molecule is OCCNNCC(O)Oc1ccccc1. The van der Waals surface area contributed by atoms with Crippen molar-refractivity contribution in [3.63, 3.8) is 0 Å². The summed E-state index contributed by atoms with van der Waals surface area (Å²) in [6.07, 6.45) is -0.918. The largest absolute Gasteiger partial charge is 0.464 e. The third-order valence-electron chi connectivity index (χ3n) is 1.65. The molecule has 0 aliphatic rings. The van der Waals surface area contributed by atoms with Crippen LogP contribution in [0.5, 0.6) is 5.75 Å². The fourth-order valence-electron chi connectivity index (χ4n) is 1.00. The minimum absolute atomic E-state index is 0.0443. The Balaban J connectivity index is 2.16. The van der Waals surface area contributed by atoms with Crippen LogP contribution in [-0.2, 0) is 0 Å². The number of ether oxygens (including phenoxy) is 1. The number of para-hydroxylation sites is 1. The first-order valence-electron chi connectivity index (χ1n) is 4.79. The van der Waals surface area contributed by atoms with E-state index in [1.807, 2.05) is 18.2 Å². The minimum atomic E-state index is -0.918. The Labute approximate surface area is 88.7 Å². The van der Waals surface area contributed by atoms with Crippen LogP contribution >= 0.6 is 0 Å². The van der Waals surface area contributed by atoms with Crippen molar-refractivity contribution in [2.24, 2.45) is 0 Å². The Morgan fingerprint density at radius 3 is 2.60 bits per heavy atom. The van der Waals surface area contributed by atoms with Gasteiger partial charge in [0.25, 0.3) is 0 Å². The maximum atomic E-state index is 9.41. The number of hydrogen-bond donors (Lipinski definition) is 4. The molecule has 0 aromatic heterocycles. The molecule has 0 saturated heterocycles. The summed E-state index contributed by atoms with van der Waals surface area (Å²) in [6, 6.07) is 9.08. The zero-order valence-electron chi connectivity index (χ0n) is 8.39. The third-order valence-corrected chi connectivity index (χ3v) is 1.65. The monoisotopic (exact) mass is 212 g/mol. The molecule has 1 rings (SSSR count). The number of hydrogen-bond acceptors (Lipinski definition) is 5. The van der Waals surface area contributed by atoms with Gasteiger partial charge in [-0.15, -0.1) is 0 Å². The number of aliphatic hydroxyl groups excluding tert-OH is 2. The van der Waals surface area contributed by atoms with Gasteiger partial charge in [0.2, 0.25) is 6.29 Å². The van der Waals surface area contributed by atoms with Crippen LogP contribution < -0.4 is 15.6 Å². The topological polar surface area (TPSA) is 73.8 Å². The lowest BCUT2D eigenvalue weighted by molar-refractivity contribution is -0.0176. The molecule has 15 heavy (non-hydrogen) atoms. The average Bonchev–Trinajstić information content (AvgIpc) is 2.26. The summed E-state index contributed by atoms with van der Waals surface area (Å²) >= 11 is 0. The minimum Gasteiger partial charge on any atom is -0.464 e. The van der Waals surface area contributed by atoms with Crippen molar-refractivity contribution < 1.29 is 14.9 Å². The highest BCUT2D eigenvalue weighted by Gasteiger charge is 2.03. The van der Waals surface area contributed by atoms with Crippen LogP contribution in [-0.4, -0.2) is 36.2 Å². The third kappa shape index (κ3) is 5.34. The first-order chi connectivity index (χ1) is 7.33. The first-order valence-corrected chi connectivity index (χ1v) is 4.79. The van der Waals surface area contributed by atoms with Crippen molar-refractivity contribution in [3.05, 3.63) is 30.3 Å². The van der Waals surface area contributed by atoms with Crippen LogP contribution in [0.25, 0.3) is 0 Å². The van der Waals surface area contributed by atoms with Gasteiger partial charge in [0.05, 0.1) is 13.2 Å². The van der Waals surface area contributed by atoms with Gasteiger partial charge in [-0.05, 0) is 12.1 Å². The molecule has 0 radical (unpaired) electrons. The molecule has 0 amide bonds. The summed E-state index contributed by atoms with van der Waals surface area (Å²) in [5.41, 5.74) is 5.43. The normalized spacial score (nSPS) is 12.4. The molecule has 0 aliphatic heterocycles. The first kappa shape index (κ1) is 11.9. The van der Waals surface area contributed by atoms with Gasteiger partial charge in [-0.3, -0.25) is 10.9 Å². The van der Waals surface area contributed by atoms with Gasteiger partial charge >= 0.3 is 0 Å². The molecular weight excluding hydrogens is 196 g/mol. The van der Waals surface area contributed by atoms with Crippen molar-refractivity contribution in [1.82, 2.24) is 10.9 Å². The molecular formula is C10H16N2O3. The summed E-state index contributed by atoms with van der Waals surface area (Å²) in [6.45, 7) is 0.718. The predicted octanol–water partition coefficient (Wildman–Crippen LogP) is -0.530. The standard InChI is InChI=1S/C10H16N2O3/c13-7-6-11-12-8-10(14)15-9-4-2-1-3-5-9/h1-5,10-14H,6-8H2. The second-order valence-electron chi connectivity index (χ2n) is 2.92. The van der Waals surface area contributed by atoms with Gasteiger partial charge in [-0.2, -0.15) is 0 Å². The second kappa shape index (κ2) is 7.19. The zero-order valence-corrected chi connectivity index (χ0v) is 8.39. The number of hydrazine groups is 1. The Hall–Kier alpha value is -1.14. The number of aliphatic hydroxyl groups is 2. The van der Waals surface area contributed by atoms with E-state index < -0.39 is 6.29 Å². The van der Waals surface area contributed by atoms with Crippen LogP contribution in [0.1, 0.15) is 0 Å². The van der Waals surface area contributed by atoms with E-state index in [-0.39, 0.29) is 13.2 Å². The fourth-order valence-corrected chi connectivity index (χ4v) is 1.00. The molecule has 0 saturated carbocycles. The van der Waals surface area contributed by atoms with E-state index in [4.69, 9.17) is 9.84 Å². The number of nitrogens with one attached hydrogen (secondary N) is 2. The lowest BCUT2D eigenvalue weighted by Crippen LogP contribution is -2.41. The van der Waals surface area contributed by atoms with Crippen molar-refractivity contribution in [3.8, 4) is 5.75 Å². The highest BCUT2D eigenvalue weighted by molar-refractivity contribution is 5.20. The molecule has 0 aliphatic carbocycles. The molecule has 1 atom stereocenters. The van der Waals surface area contributed by atoms with Crippen LogP contribution in [0.2, 0.25) is 0 Å². The van der Waals surface area contributed by atoms with Gasteiger partial charge in [0.1, 0.15) is 5.75 Å². The van der Waals surface area contributed by atoms with E-state index in [0.29, 0.717) is 12.3 Å². The van der Waals surface area contributed by atoms with Gasteiger partial charge < -0.3 is 14.9 Å². The van der Waals surface area contributed by atoms with E-state index >= 15 is 0 Å². The summed E-state index contributed by atoms with van der Waals surface area (Å²) in [7, 11) is 0. The van der Waals surface area contributed by atoms with Gasteiger partial charge in [0.15, 0.2) is 0 Å². The molecule has 1 unspecified atom stereocenters. The van der Waals surface area contributed by atoms with Gasteiger partial charge in [-0.25, -0.2) is 0 Å². The van der Waals surface area contributed by atoms with Crippen LogP contribution in [0.4, 0.5) is 0 Å². The lowest BCUT2D eigenvalue weighted by Gasteiger charge is -2.14. The molecule has 0 spiro atoms. The van der Waals surface area contributed by atoms with Gasteiger partial charge in [0, 0.05) is 6.54 Å². The van der Waals surface area contributed by atoms with Crippen molar-refractivity contribution in [2.45, 2.75) is 6.29 Å². The van der Waals surface area contributed by atoms with Crippen LogP contribution in [0.3, 0.4) is 0 Å². The van der Waals surface area contributed by atoms with E-state index in [9.17, 15) is 5.11 Å². The predicted molar refractivity (Wildman–Crippen MR) is 56.2 cm³/mol. The maximum absolute atomic E-state index is 9.41. The Morgan fingerprint density at radius 2 is 1.93 bits per heavy atom. The Bertz CT molecular complexity index is 256. The Morgan fingerprint density at radius 1 is 1.20 bits per heavy atom. The van der Waals surface area contributed by atoms with E-state index in [0.717, 1.165) is 0 Å². The molecule has 4 N–H and O–H groups in total. The average molecular weight is 212 g/mol. The summed E-state index contributed by atoms with van der Waals surface area (Å²) in [5, 5.41) is 17.9. The smallest absolute Gasteiger partial charge is 0.211 e. The quantitative estimate of drug-likeness (QED) is 0.278. The molecule has 84 valence electrons. The molecule has 0 bridgehead atoms. The van der Waals surface area contributed by atoms with Crippen molar-refractivity contribution >= 4 is 0 Å². The summed E-state index contributed by atoms with van der Waals surface area (Å²) in [5.74, 6) is 0.619. The second-order valence-corrected chi connectivity index (χ2v) is 2.92. The number of benzene rings is 1.